The lowest BCUT2D eigenvalue weighted by Gasteiger charge is -2.05. The monoisotopic (exact) mass is 299 g/mol. The summed E-state index contributed by atoms with van der Waals surface area (Å²) in [6.07, 6.45) is 1.37. The lowest BCUT2D eigenvalue weighted by atomic mass is 10.2. The minimum Gasteiger partial charge on any atom is -0.481 e. The maximum Gasteiger partial charge on any atom is 0.303 e. The second-order valence-electron chi connectivity index (χ2n) is 4.32. The zero-order valence-electron chi connectivity index (χ0n) is 11.1. The van der Waals surface area contributed by atoms with Crippen molar-refractivity contribution in [3.05, 3.63) is 35.6 Å². The van der Waals surface area contributed by atoms with Gasteiger partial charge >= 0.3 is 5.97 Å². The Balaban J connectivity index is 2.05. The molecule has 0 aliphatic rings. The van der Waals surface area contributed by atoms with Gasteiger partial charge in [0.15, 0.2) is 0 Å². The predicted octanol–water partition coefficient (Wildman–Crippen LogP) is 2.43. The smallest absolute Gasteiger partial charge is 0.303 e. The lowest BCUT2D eigenvalue weighted by Crippen LogP contribution is -2.26. The minimum absolute atomic E-state index is 0.0626. The normalized spacial score (nSPS) is 10.2. The van der Waals surface area contributed by atoms with Gasteiger partial charge in [-0.25, -0.2) is 4.39 Å². The molecule has 1 amide bonds. The van der Waals surface area contributed by atoms with Crippen LogP contribution in [0.3, 0.4) is 0 Å². The van der Waals surface area contributed by atoms with E-state index in [0.29, 0.717) is 30.9 Å². The average Bonchev–Trinajstić information content (AvgIpc) is 2.40. The maximum atomic E-state index is 12.7. The number of hydrogen-bond acceptors (Lipinski definition) is 3. The minimum atomic E-state index is -0.814. The number of carboxylic acid groups (broad SMARTS) is 1. The van der Waals surface area contributed by atoms with Crippen LogP contribution in [0.15, 0.2) is 24.3 Å². The molecule has 110 valence electrons. The molecule has 2 N–H and O–H groups in total. The first-order valence-electron chi connectivity index (χ1n) is 6.38. The molecule has 0 spiro atoms. The van der Waals surface area contributed by atoms with Crippen LogP contribution in [0.25, 0.3) is 0 Å². The Labute approximate surface area is 121 Å². The van der Waals surface area contributed by atoms with Gasteiger partial charge < -0.3 is 10.4 Å². The fraction of sp³-hybridized carbons (Fsp3) is 0.429. The van der Waals surface area contributed by atoms with Crippen molar-refractivity contribution >= 4 is 23.6 Å². The topological polar surface area (TPSA) is 66.4 Å². The summed E-state index contributed by atoms with van der Waals surface area (Å²) < 4.78 is 12.7. The van der Waals surface area contributed by atoms with E-state index in [0.717, 1.165) is 5.56 Å². The van der Waals surface area contributed by atoms with E-state index in [1.807, 2.05) is 0 Å². The van der Waals surface area contributed by atoms with Crippen molar-refractivity contribution in [2.75, 3.05) is 12.3 Å². The molecule has 4 nitrogen and oxygen atoms in total. The van der Waals surface area contributed by atoms with Crippen LogP contribution in [0.5, 0.6) is 0 Å². The molecule has 20 heavy (non-hydrogen) atoms. The highest BCUT2D eigenvalue weighted by atomic mass is 32.2. The van der Waals surface area contributed by atoms with Crippen LogP contribution in [-0.2, 0) is 15.3 Å². The van der Waals surface area contributed by atoms with Crippen LogP contribution >= 0.6 is 11.8 Å². The Hall–Kier alpha value is -1.56. The second kappa shape index (κ2) is 9.36. The molecule has 0 unspecified atom stereocenters. The van der Waals surface area contributed by atoms with Crippen molar-refractivity contribution in [2.24, 2.45) is 0 Å². The van der Waals surface area contributed by atoms with Crippen molar-refractivity contribution in [1.82, 2.24) is 5.32 Å². The van der Waals surface area contributed by atoms with E-state index < -0.39 is 5.97 Å². The summed E-state index contributed by atoms with van der Waals surface area (Å²) in [7, 11) is 0. The fourth-order valence-corrected chi connectivity index (χ4v) is 2.34. The molecule has 0 heterocycles. The number of thioether (sulfide) groups is 1. The van der Waals surface area contributed by atoms with Gasteiger partial charge in [0.1, 0.15) is 5.82 Å². The van der Waals surface area contributed by atoms with E-state index in [1.54, 1.807) is 12.1 Å². The summed E-state index contributed by atoms with van der Waals surface area (Å²) in [5, 5.41) is 11.2. The molecule has 0 atom stereocenters. The van der Waals surface area contributed by atoms with E-state index >= 15 is 0 Å². The van der Waals surface area contributed by atoms with E-state index in [4.69, 9.17) is 5.11 Å². The van der Waals surface area contributed by atoms with E-state index in [1.165, 1.54) is 23.9 Å². The van der Waals surface area contributed by atoms with Gasteiger partial charge in [-0.3, -0.25) is 9.59 Å². The van der Waals surface area contributed by atoms with Gasteiger partial charge in [0.25, 0.3) is 0 Å². The quantitative estimate of drug-likeness (QED) is 0.687. The number of carbonyl (C=O) groups is 2. The molecule has 0 saturated carbocycles. The van der Waals surface area contributed by atoms with Crippen molar-refractivity contribution in [3.8, 4) is 0 Å². The first-order valence-corrected chi connectivity index (χ1v) is 7.54. The molecule has 0 saturated heterocycles. The number of aliphatic carboxylic acids is 1. The van der Waals surface area contributed by atoms with Gasteiger partial charge in [0, 0.05) is 18.7 Å². The molecule has 0 aliphatic heterocycles. The highest BCUT2D eigenvalue weighted by molar-refractivity contribution is 7.99. The Bertz CT molecular complexity index is 437. The van der Waals surface area contributed by atoms with Crippen molar-refractivity contribution in [1.29, 1.82) is 0 Å². The number of hydrogen-bond donors (Lipinski definition) is 2. The maximum absolute atomic E-state index is 12.7. The molecule has 6 heteroatoms. The number of benzene rings is 1. The zero-order chi connectivity index (χ0) is 14.8. The molecule has 0 bridgehead atoms. The van der Waals surface area contributed by atoms with Crippen LogP contribution < -0.4 is 5.32 Å². The Morgan fingerprint density at radius 1 is 1.20 bits per heavy atom. The number of amides is 1. The molecular formula is C14H18FNO3S. The third-order valence-electron chi connectivity index (χ3n) is 2.55. The first-order chi connectivity index (χ1) is 9.58. The Kier molecular flexibility index (Phi) is 7.72. The van der Waals surface area contributed by atoms with E-state index in [9.17, 15) is 14.0 Å². The average molecular weight is 299 g/mol. The standard InChI is InChI=1S/C14H18FNO3S/c15-12-6-4-11(5-7-12)9-20-10-13(17)16-8-2-1-3-14(18)19/h4-7H,1-3,8-10H2,(H,16,17)(H,18,19). The highest BCUT2D eigenvalue weighted by Crippen LogP contribution is 2.12. The van der Waals surface area contributed by atoms with Crippen LogP contribution in [-0.4, -0.2) is 29.3 Å². The summed E-state index contributed by atoms with van der Waals surface area (Å²) >= 11 is 1.46. The van der Waals surface area contributed by atoms with Crippen LogP contribution in [0.1, 0.15) is 24.8 Å². The molecule has 1 aromatic rings. The number of rotatable bonds is 9. The summed E-state index contributed by atoms with van der Waals surface area (Å²) in [6.45, 7) is 0.503. The van der Waals surface area contributed by atoms with Gasteiger partial charge in [0.2, 0.25) is 5.91 Å². The van der Waals surface area contributed by atoms with Gasteiger partial charge in [0.05, 0.1) is 5.75 Å². The SMILES string of the molecule is O=C(O)CCCCNC(=O)CSCc1ccc(F)cc1. The summed E-state index contributed by atoms with van der Waals surface area (Å²) in [4.78, 5) is 21.8. The third-order valence-corrected chi connectivity index (χ3v) is 3.56. The van der Waals surface area contributed by atoms with Crippen molar-refractivity contribution in [3.63, 3.8) is 0 Å². The van der Waals surface area contributed by atoms with Crippen molar-refractivity contribution < 1.29 is 19.1 Å². The van der Waals surface area contributed by atoms with E-state index in [-0.39, 0.29) is 18.1 Å². The number of nitrogens with one attached hydrogen (secondary N) is 1. The number of unbranched alkanes of at least 4 members (excludes halogenated alkanes) is 1. The molecule has 0 fully saturated rings. The Morgan fingerprint density at radius 2 is 1.90 bits per heavy atom. The molecule has 1 aromatic carbocycles. The van der Waals surface area contributed by atoms with E-state index in [2.05, 4.69) is 5.32 Å². The molecule has 0 aliphatic carbocycles. The van der Waals surface area contributed by atoms with Crippen LogP contribution in [0.2, 0.25) is 0 Å². The predicted molar refractivity (Wildman–Crippen MR) is 77.1 cm³/mol. The van der Waals surface area contributed by atoms with Gasteiger partial charge in [-0.2, -0.15) is 0 Å². The molecule has 0 aromatic heterocycles. The summed E-state index contributed by atoms with van der Waals surface area (Å²) in [5.74, 6) is -0.139. The number of carboxylic acids is 1. The highest BCUT2D eigenvalue weighted by Gasteiger charge is 2.02. The zero-order valence-corrected chi connectivity index (χ0v) is 11.9. The largest absolute Gasteiger partial charge is 0.481 e. The van der Waals surface area contributed by atoms with Crippen LogP contribution in [0, 0.1) is 5.82 Å². The summed E-state index contributed by atoms with van der Waals surface area (Å²) in [6, 6.07) is 6.20. The third kappa shape index (κ3) is 7.78. The summed E-state index contributed by atoms with van der Waals surface area (Å²) in [5.41, 5.74) is 0.977. The second-order valence-corrected chi connectivity index (χ2v) is 5.31. The Morgan fingerprint density at radius 3 is 2.55 bits per heavy atom. The van der Waals surface area contributed by atoms with Crippen LogP contribution in [0.4, 0.5) is 4.39 Å². The lowest BCUT2D eigenvalue weighted by molar-refractivity contribution is -0.137. The number of carbonyl (C=O) groups excluding carboxylic acids is 1. The van der Waals surface area contributed by atoms with Gasteiger partial charge in [-0.05, 0) is 30.5 Å². The fourth-order valence-electron chi connectivity index (χ4n) is 1.52. The number of halogens is 1. The molecular weight excluding hydrogens is 281 g/mol. The van der Waals surface area contributed by atoms with Gasteiger partial charge in [-0.1, -0.05) is 12.1 Å². The molecule has 0 radical (unpaired) electrons. The van der Waals surface area contributed by atoms with Gasteiger partial charge in [-0.15, -0.1) is 11.8 Å². The van der Waals surface area contributed by atoms with Crippen molar-refractivity contribution in [2.45, 2.75) is 25.0 Å². The molecule has 1 rings (SSSR count). The first kappa shape index (κ1) is 16.5.